The lowest BCUT2D eigenvalue weighted by atomic mass is 10.1. The van der Waals surface area contributed by atoms with Gasteiger partial charge < -0.3 is 4.98 Å². The molecular formula is C13H17BrN4O. The molecule has 1 saturated carbocycles. The molecule has 1 aliphatic carbocycles. The largest absolute Gasteiger partial charge is 0.308 e. The highest BCUT2D eigenvalue weighted by atomic mass is 79.9. The maximum Gasteiger partial charge on any atom is 0.265 e. The van der Waals surface area contributed by atoms with Gasteiger partial charge >= 0.3 is 0 Å². The van der Waals surface area contributed by atoms with Gasteiger partial charge in [0.05, 0.1) is 11.7 Å². The Bertz CT molecular complexity index is 560. The van der Waals surface area contributed by atoms with Crippen molar-refractivity contribution in [1.82, 2.24) is 19.8 Å². The SMILES string of the molecule is O=c1[nH]c(C2CN3CCN2CC3)nc(C2CC2)c1Br. The van der Waals surface area contributed by atoms with E-state index in [0.29, 0.717) is 10.4 Å². The van der Waals surface area contributed by atoms with E-state index in [1.807, 2.05) is 0 Å². The second kappa shape index (κ2) is 4.40. The van der Waals surface area contributed by atoms with E-state index in [1.165, 1.54) is 0 Å². The van der Waals surface area contributed by atoms with Crippen LogP contribution in [0.4, 0.5) is 0 Å². The van der Waals surface area contributed by atoms with E-state index in [0.717, 1.165) is 57.1 Å². The van der Waals surface area contributed by atoms with Crippen LogP contribution in [0.15, 0.2) is 9.27 Å². The first-order chi connectivity index (χ1) is 9.22. The number of aromatic amines is 1. The molecule has 1 N–H and O–H groups in total. The first-order valence-corrected chi connectivity index (χ1v) is 7.77. The Morgan fingerprint density at radius 3 is 2.53 bits per heavy atom. The van der Waals surface area contributed by atoms with Crippen LogP contribution >= 0.6 is 15.9 Å². The average molecular weight is 325 g/mol. The predicted molar refractivity (Wildman–Crippen MR) is 75.3 cm³/mol. The molecule has 0 aromatic carbocycles. The fourth-order valence-corrected chi connectivity index (χ4v) is 3.67. The quantitative estimate of drug-likeness (QED) is 0.884. The van der Waals surface area contributed by atoms with Crippen molar-refractivity contribution in [2.45, 2.75) is 24.8 Å². The van der Waals surface area contributed by atoms with E-state index < -0.39 is 0 Å². The molecule has 5 nitrogen and oxygen atoms in total. The normalized spacial score (nSPS) is 33.6. The molecule has 1 atom stereocenters. The third-order valence-corrected chi connectivity index (χ3v) is 5.23. The summed E-state index contributed by atoms with van der Waals surface area (Å²) in [5.74, 6) is 1.35. The predicted octanol–water partition coefficient (Wildman–Crippen LogP) is 1.08. The van der Waals surface area contributed by atoms with Crippen LogP contribution in [0.3, 0.4) is 0 Å². The fourth-order valence-electron chi connectivity index (χ4n) is 3.16. The summed E-state index contributed by atoms with van der Waals surface area (Å²) in [7, 11) is 0. The third kappa shape index (κ3) is 2.06. The molecule has 102 valence electrons. The molecule has 0 radical (unpaired) electrons. The fraction of sp³-hybridized carbons (Fsp3) is 0.692. The highest BCUT2D eigenvalue weighted by Gasteiger charge is 2.36. The number of nitrogens with one attached hydrogen (secondary N) is 1. The highest BCUT2D eigenvalue weighted by molar-refractivity contribution is 9.10. The maximum absolute atomic E-state index is 12.1. The van der Waals surface area contributed by atoms with E-state index in [2.05, 4.69) is 30.7 Å². The maximum atomic E-state index is 12.1. The average Bonchev–Trinajstić information content (AvgIpc) is 3.27. The molecular weight excluding hydrogens is 308 g/mol. The van der Waals surface area contributed by atoms with E-state index >= 15 is 0 Å². The molecule has 19 heavy (non-hydrogen) atoms. The van der Waals surface area contributed by atoms with Gasteiger partial charge in [0.2, 0.25) is 0 Å². The number of hydrogen-bond donors (Lipinski definition) is 1. The van der Waals surface area contributed by atoms with Crippen molar-refractivity contribution in [3.05, 3.63) is 26.3 Å². The van der Waals surface area contributed by atoms with E-state index in [4.69, 9.17) is 4.98 Å². The molecule has 1 unspecified atom stereocenters. The lowest BCUT2D eigenvalue weighted by Crippen LogP contribution is -2.57. The topological polar surface area (TPSA) is 52.2 Å². The standard InChI is InChI=1S/C13H17BrN4O/c14-10-11(8-1-2-8)15-12(16-13(10)19)9-7-17-3-5-18(9)6-4-17/h8-9H,1-7H2,(H,15,16,19). The van der Waals surface area contributed by atoms with Gasteiger partial charge in [-0.05, 0) is 28.8 Å². The number of halogens is 1. The summed E-state index contributed by atoms with van der Waals surface area (Å²) in [6.45, 7) is 5.46. The first kappa shape index (κ1) is 12.1. The molecule has 1 aromatic heterocycles. The van der Waals surface area contributed by atoms with Crippen molar-refractivity contribution in [3.8, 4) is 0 Å². The zero-order chi connectivity index (χ0) is 13.0. The smallest absolute Gasteiger partial charge is 0.265 e. The van der Waals surface area contributed by atoms with Gasteiger partial charge in [-0.2, -0.15) is 0 Å². The summed E-state index contributed by atoms with van der Waals surface area (Å²) in [6, 6.07) is 0.265. The van der Waals surface area contributed by atoms with Crippen LogP contribution in [0.1, 0.15) is 36.3 Å². The van der Waals surface area contributed by atoms with Crippen molar-refractivity contribution in [3.63, 3.8) is 0 Å². The molecule has 5 rings (SSSR count). The van der Waals surface area contributed by atoms with Crippen LogP contribution in [0.2, 0.25) is 0 Å². The van der Waals surface area contributed by atoms with Crippen LogP contribution in [-0.2, 0) is 0 Å². The Morgan fingerprint density at radius 2 is 1.95 bits per heavy atom. The van der Waals surface area contributed by atoms with Gasteiger partial charge in [-0.3, -0.25) is 14.6 Å². The number of H-pyrrole nitrogens is 1. The summed E-state index contributed by atoms with van der Waals surface area (Å²) >= 11 is 3.39. The third-order valence-electron chi connectivity index (χ3n) is 4.47. The van der Waals surface area contributed by atoms with Crippen molar-refractivity contribution < 1.29 is 0 Å². The Balaban J connectivity index is 1.73. The second-order valence-electron chi connectivity index (χ2n) is 5.78. The zero-order valence-electron chi connectivity index (χ0n) is 10.7. The van der Waals surface area contributed by atoms with Gasteiger partial charge in [0.15, 0.2) is 0 Å². The van der Waals surface area contributed by atoms with Gasteiger partial charge in [0.1, 0.15) is 10.3 Å². The lowest BCUT2D eigenvalue weighted by Gasteiger charge is -2.46. The number of nitrogens with zero attached hydrogens (tertiary/aromatic N) is 3. The van der Waals surface area contributed by atoms with Crippen LogP contribution in [0.25, 0.3) is 0 Å². The van der Waals surface area contributed by atoms with Gasteiger partial charge in [0, 0.05) is 38.6 Å². The summed E-state index contributed by atoms with van der Waals surface area (Å²) in [4.78, 5) is 24.7. The highest BCUT2D eigenvalue weighted by Crippen LogP contribution is 2.41. The van der Waals surface area contributed by atoms with Crippen LogP contribution in [0.5, 0.6) is 0 Å². The molecule has 1 aromatic rings. The minimum atomic E-state index is -0.0236. The van der Waals surface area contributed by atoms with E-state index in [-0.39, 0.29) is 11.6 Å². The zero-order valence-corrected chi connectivity index (χ0v) is 12.3. The number of fused-ring (bicyclic) bond motifs is 3. The van der Waals surface area contributed by atoms with Crippen LogP contribution in [-0.4, -0.2) is 52.5 Å². The minimum Gasteiger partial charge on any atom is -0.308 e. The number of aromatic nitrogens is 2. The van der Waals surface area contributed by atoms with Gasteiger partial charge in [-0.15, -0.1) is 0 Å². The Labute approximate surface area is 120 Å². The van der Waals surface area contributed by atoms with Crippen molar-refractivity contribution in [2.24, 2.45) is 0 Å². The van der Waals surface area contributed by atoms with Crippen molar-refractivity contribution >= 4 is 15.9 Å². The van der Waals surface area contributed by atoms with Gasteiger partial charge in [-0.1, -0.05) is 0 Å². The van der Waals surface area contributed by atoms with Gasteiger partial charge in [-0.25, -0.2) is 4.98 Å². The molecule has 4 heterocycles. The Kier molecular flexibility index (Phi) is 2.79. The molecule has 4 aliphatic rings. The van der Waals surface area contributed by atoms with Crippen LogP contribution < -0.4 is 5.56 Å². The minimum absolute atomic E-state index is 0.0236. The molecule has 6 heteroatoms. The van der Waals surface area contributed by atoms with Crippen molar-refractivity contribution in [1.29, 1.82) is 0 Å². The lowest BCUT2D eigenvalue weighted by molar-refractivity contribution is 0.00844. The summed E-state index contributed by atoms with van der Waals surface area (Å²) in [5.41, 5.74) is 0.945. The monoisotopic (exact) mass is 324 g/mol. The van der Waals surface area contributed by atoms with E-state index in [9.17, 15) is 4.79 Å². The summed E-state index contributed by atoms with van der Waals surface area (Å²) in [6.07, 6.45) is 2.32. The molecule has 2 bridgehead atoms. The summed E-state index contributed by atoms with van der Waals surface area (Å²) in [5, 5.41) is 0. The molecule has 3 saturated heterocycles. The first-order valence-electron chi connectivity index (χ1n) is 6.98. The summed E-state index contributed by atoms with van der Waals surface area (Å²) < 4.78 is 0.634. The Hall–Kier alpha value is -0.720. The van der Waals surface area contributed by atoms with Crippen LogP contribution in [0, 0.1) is 0 Å². The number of piperazine rings is 3. The van der Waals surface area contributed by atoms with Crippen molar-refractivity contribution in [2.75, 3.05) is 32.7 Å². The molecule has 4 fully saturated rings. The number of rotatable bonds is 2. The molecule has 0 spiro atoms. The Morgan fingerprint density at radius 1 is 1.21 bits per heavy atom. The number of hydrogen-bond acceptors (Lipinski definition) is 4. The van der Waals surface area contributed by atoms with E-state index in [1.54, 1.807) is 0 Å². The molecule has 3 aliphatic heterocycles. The molecule has 0 amide bonds. The van der Waals surface area contributed by atoms with Gasteiger partial charge in [0.25, 0.3) is 5.56 Å². The second-order valence-corrected chi connectivity index (χ2v) is 6.57.